The van der Waals surface area contributed by atoms with Gasteiger partial charge in [0.2, 0.25) is 0 Å². The lowest BCUT2D eigenvalue weighted by Crippen LogP contribution is -2.42. The van der Waals surface area contributed by atoms with Crippen molar-refractivity contribution in [1.29, 1.82) is 0 Å². The second-order valence-corrected chi connectivity index (χ2v) is 20.4. The fourth-order valence-electron chi connectivity index (χ4n) is 7.79. The third-order valence-corrected chi connectivity index (χ3v) is 11.0. The number of carboxylic acid groups (broad SMARTS) is 1. The Morgan fingerprint density at radius 2 is 0.926 bits per heavy atom. The zero-order valence-corrected chi connectivity index (χ0v) is 41.1. The number of hydrogen-bond acceptors (Lipinski definition) is 11. The van der Waals surface area contributed by atoms with Gasteiger partial charge in [0, 0.05) is 48.5 Å². The van der Waals surface area contributed by atoms with Gasteiger partial charge in [0.25, 0.3) is 0 Å². The molecule has 2 aromatic rings. The van der Waals surface area contributed by atoms with Crippen LogP contribution in [0.5, 0.6) is 11.5 Å². The molecule has 8 atom stereocenters. The molecular weight excluding hydrogens is 883 g/mol. The summed E-state index contributed by atoms with van der Waals surface area (Å²) in [6.45, 7) is 9.92. The number of rotatable bonds is 11. The molecule has 4 aliphatic carbocycles. The Kier molecular flexibility index (Phi) is 19.3. The second-order valence-electron chi connectivity index (χ2n) is 20.4. The summed E-state index contributed by atoms with van der Waals surface area (Å²) in [6, 6.07) is 9.38. The van der Waals surface area contributed by atoms with Gasteiger partial charge in [-0.15, -0.1) is 0 Å². The maximum Gasteiger partial charge on any atom is 0.407 e. The number of nitrogens with two attached hydrogens (primary N) is 1. The Morgan fingerprint density at radius 1 is 0.574 bits per heavy atom. The molecule has 6 rings (SSSR count). The van der Waals surface area contributed by atoms with Crippen molar-refractivity contribution < 1.29 is 70.1 Å². The van der Waals surface area contributed by atoms with E-state index in [1.54, 1.807) is 62.3 Å². The highest BCUT2D eigenvalue weighted by molar-refractivity contribution is 5.74. The molecule has 7 N–H and O–H groups in total. The molecule has 4 aliphatic rings. The molecule has 4 saturated carbocycles. The molecule has 15 nitrogen and oxygen atoms in total. The van der Waals surface area contributed by atoms with Gasteiger partial charge in [0.1, 0.15) is 39.9 Å². The van der Waals surface area contributed by atoms with Gasteiger partial charge in [-0.3, -0.25) is 4.79 Å². The van der Waals surface area contributed by atoms with Gasteiger partial charge < -0.3 is 55.6 Å². The largest absolute Gasteiger partial charge is 0.493 e. The van der Waals surface area contributed by atoms with Crippen LogP contribution in [0.2, 0.25) is 0 Å². The first kappa shape index (κ1) is 48.1. The number of aliphatic hydroxyl groups is 1. The molecule has 0 aliphatic heterocycles. The van der Waals surface area contributed by atoms with E-state index in [0.717, 1.165) is 38.5 Å². The van der Waals surface area contributed by atoms with E-state index in [1.165, 1.54) is 48.5 Å². The lowest BCUT2D eigenvalue weighted by molar-refractivity contribution is -0.142. The molecule has 4 fully saturated rings. The van der Waals surface area contributed by atoms with E-state index in [4.69, 9.17) is 42.7 Å². The molecular formula is C51H80F2N4O11. The minimum atomic E-state index is -2.25. The molecule has 0 aromatic heterocycles. The van der Waals surface area contributed by atoms with Gasteiger partial charge in [-0.25, -0.2) is 23.2 Å². The van der Waals surface area contributed by atoms with Crippen LogP contribution in [0.3, 0.4) is 0 Å². The first-order chi connectivity index (χ1) is 33.9. The standard InChI is InChI=1S/C17H24FNO3.C12H16FNO.C11H19NO4.C11H21NO3/c1-17(2,3)22-16(20)19-15-6-4-5-12(15)11-21-14-9-7-13(18)8-10-14;13-10-4-6-11(7-5-10)15-8-9-2-1-3-12(9)14;1-11(2,3)16-10(15)12-8-6-4-5-7(8)9(13)14;1-11(2,3)15-10(14)12-9-6-4-5-8(9)7-13/h7-10,12,15H,4-6,11H2,1-3H3,(H,19,20);4-7,9,12H,1-3,8,14H2;7-8H,4-6H2,1-3H3,(H,12,15)(H,13,14);8-9,13H,4-7H2,1-3H3,(H,12,14)/t12-,15+;9-,12+;7-,8-;8-,9+/m1101/s1/i11D2;8D2;;7D2. The summed E-state index contributed by atoms with van der Waals surface area (Å²) in [6.07, 6.45) is 7.08. The van der Waals surface area contributed by atoms with E-state index in [1.807, 2.05) is 0 Å². The smallest absolute Gasteiger partial charge is 0.407 e. The number of carbonyl (C=O) groups is 4. The van der Waals surface area contributed by atoms with Crippen molar-refractivity contribution in [3.05, 3.63) is 60.2 Å². The van der Waals surface area contributed by atoms with Crippen LogP contribution in [0.1, 0.15) is 148 Å². The number of benzene rings is 2. The molecule has 3 amide bonds. The van der Waals surface area contributed by atoms with E-state index >= 15 is 0 Å². The average molecular weight is 969 g/mol. The van der Waals surface area contributed by atoms with Crippen molar-refractivity contribution in [2.45, 2.75) is 180 Å². The fourth-order valence-corrected chi connectivity index (χ4v) is 7.79. The van der Waals surface area contributed by atoms with Gasteiger partial charge in [-0.2, -0.15) is 0 Å². The Morgan fingerprint density at radius 3 is 1.32 bits per heavy atom. The molecule has 17 heteroatoms. The SMILES string of the molecule is CC(C)(C)OC(=O)N[C@H]1CCC[C@@H]1C(=O)O.[2H]C([2H])(O)[C@H]1CCC[C@@H]1NC(=O)OC(C)(C)C.[2H]C([2H])(Oc1ccc(F)cc1)[C@H]1CCC[C@@H]1N.[2H]C([2H])(Oc1ccc(F)cc1)[C@H]1CCC[C@@H]1NC(=O)OC(C)(C)C. The first-order valence-corrected chi connectivity index (χ1v) is 23.5. The third kappa shape index (κ3) is 22.9. The molecule has 0 unspecified atom stereocenters. The van der Waals surface area contributed by atoms with Crippen molar-refractivity contribution in [3.63, 3.8) is 0 Å². The van der Waals surface area contributed by atoms with E-state index in [9.17, 15) is 33.1 Å². The molecule has 68 heavy (non-hydrogen) atoms. The lowest BCUT2D eigenvalue weighted by atomic mass is 10.0. The fraction of sp³-hybridized carbons (Fsp3) is 0.686. The van der Waals surface area contributed by atoms with Gasteiger partial charge >= 0.3 is 24.2 Å². The van der Waals surface area contributed by atoms with Gasteiger partial charge in [0.05, 0.1) is 27.3 Å². The summed E-state index contributed by atoms with van der Waals surface area (Å²) in [5, 5.41) is 26.3. The number of ether oxygens (including phenoxy) is 5. The molecule has 384 valence electrons. The van der Waals surface area contributed by atoms with Gasteiger partial charge in [0.15, 0.2) is 0 Å². The van der Waals surface area contributed by atoms with Crippen LogP contribution < -0.4 is 31.2 Å². The summed E-state index contributed by atoms with van der Waals surface area (Å²) < 4.78 is 98.7. The van der Waals surface area contributed by atoms with Crippen molar-refractivity contribution in [3.8, 4) is 11.5 Å². The number of carboxylic acids is 1. The predicted molar refractivity (Wildman–Crippen MR) is 255 cm³/mol. The van der Waals surface area contributed by atoms with E-state index in [-0.39, 0.29) is 41.7 Å². The summed E-state index contributed by atoms with van der Waals surface area (Å²) >= 11 is 0. The monoisotopic (exact) mass is 969 g/mol. The third-order valence-electron chi connectivity index (χ3n) is 11.0. The molecule has 0 heterocycles. The quantitative estimate of drug-likeness (QED) is 0.116. The van der Waals surface area contributed by atoms with Crippen LogP contribution >= 0.6 is 0 Å². The number of hydrogen-bond donors (Lipinski definition) is 6. The van der Waals surface area contributed by atoms with E-state index in [0.29, 0.717) is 44.3 Å². The number of amides is 3. The van der Waals surface area contributed by atoms with Crippen molar-refractivity contribution in [2.75, 3.05) is 19.7 Å². The molecule has 0 radical (unpaired) electrons. The number of nitrogens with one attached hydrogen (secondary N) is 3. The Labute approximate surface area is 410 Å². The minimum absolute atomic E-state index is 0.162. The van der Waals surface area contributed by atoms with Crippen molar-refractivity contribution in [2.24, 2.45) is 29.4 Å². The lowest BCUT2D eigenvalue weighted by Gasteiger charge is -2.24. The number of carbonyl (C=O) groups excluding carboxylic acids is 3. The topological polar surface area (TPSA) is 217 Å². The Hall–Kier alpha value is -4.90. The molecule has 2 aromatic carbocycles. The van der Waals surface area contributed by atoms with Gasteiger partial charge in [-0.05, 0) is 162 Å². The van der Waals surface area contributed by atoms with Crippen LogP contribution in [-0.4, -0.2) is 95.1 Å². The highest BCUT2D eigenvalue weighted by Gasteiger charge is 2.35. The Balaban J connectivity index is 0.000000264. The summed E-state index contributed by atoms with van der Waals surface area (Å²) in [7, 11) is 0. The second kappa shape index (κ2) is 27.3. The zero-order valence-electron chi connectivity index (χ0n) is 47.1. The summed E-state index contributed by atoms with van der Waals surface area (Å²) in [5.74, 6) is -2.88. The predicted octanol–water partition coefficient (Wildman–Crippen LogP) is 9.67. The Bertz CT molecular complexity index is 2100. The molecule has 0 bridgehead atoms. The van der Waals surface area contributed by atoms with Crippen LogP contribution in [0.25, 0.3) is 0 Å². The first-order valence-electron chi connectivity index (χ1n) is 26.5. The highest BCUT2D eigenvalue weighted by Crippen LogP contribution is 2.29. The molecule has 0 saturated heterocycles. The van der Waals surface area contributed by atoms with Crippen LogP contribution in [0, 0.1) is 35.3 Å². The van der Waals surface area contributed by atoms with Gasteiger partial charge in [-0.1, -0.05) is 25.7 Å². The van der Waals surface area contributed by atoms with Crippen LogP contribution in [-0.2, 0) is 19.0 Å². The number of alkyl carbamates (subject to hydrolysis) is 3. The van der Waals surface area contributed by atoms with Crippen LogP contribution in [0.15, 0.2) is 48.5 Å². The van der Waals surface area contributed by atoms with E-state index in [2.05, 4.69) is 16.0 Å². The summed E-state index contributed by atoms with van der Waals surface area (Å²) in [5.41, 5.74) is 4.13. The normalized spacial score (nSPS) is 26.2. The maximum atomic E-state index is 13.0. The maximum absolute atomic E-state index is 13.0. The zero-order chi connectivity index (χ0) is 56.0. The summed E-state index contributed by atoms with van der Waals surface area (Å²) in [4.78, 5) is 45.8. The van der Waals surface area contributed by atoms with E-state index < -0.39 is 84.3 Å². The minimum Gasteiger partial charge on any atom is -0.493 e. The number of halogens is 2. The van der Waals surface area contributed by atoms with Crippen molar-refractivity contribution >= 4 is 24.2 Å². The average Bonchev–Trinajstić information content (AvgIpc) is 4.07. The number of aliphatic carboxylic acids is 1. The van der Waals surface area contributed by atoms with Crippen molar-refractivity contribution in [1.82, 2.24) is 16.0 Å². The van der Waals surface area contributed by atoms with Crippen LogP contribution in [0.4, 0.5) is 23.2 Å². The molecule has 0 spiro atoms. The highest BCUT2D eigenvalue weighted by atomic mass is 19.1.